The van der Waals surface area contributed by atoms with Crippen LogP contribution in [0.15, 0.2) is 0 Å². The van der Waals surface area contributed by atoms with Crippen LogP contribution in [0, 0.1) is 5.92 Å². The normalized spacial score (nSPS) is 25.8. The molecule has 1 atom stereocenters. The van der Waals surface area contributed by atoms with Crippen molar-refractivity contribution in [3.63, 3.8) is 0 Å². The van der Waals surface area contributed by atoms with Gasteiger partial charge in [0.25, 0.3) is 0 Å². The number of nitrogens with one attached hydrogen (secondary N) is 1. The first-order chi connectivity index (χ1) is 7.29. The summed E-state index contributed by atoms with van der Waals surface area (Å²) in [5.41, 5.74) is 0. The maximum Gasteiger partial charge on any atom is 0.222 e. The van der Waals surface area contributed by atoms with E-state index in [4.69, 9.17) is 0 Å². The van der Waals surface area contributed by atoms with E-state index in [1.54, 1.807) is 0 Å². The molecule has 1 heterocycles. The molecule has 2 rings (SSSR count). The van der Waals surface area contributed by atoms with E-state index in [-0.39, 0.29) is 12.4 Å². The van der Waals surface area contributed by atoms with Gasteiger partial charge in [-0.2, -0.15) is 0 Å². The summed E-state index contributed by atoms with van der Waals surface area (Å²) < 4.78 is 0. The maximum absolute atomic E-state index is 12.0. The molecule has 3 nitrogen and oxygen atoms in total. The summed E-state index contributed by atoms with van der Waals surface area (Å²) in [6, 6.07) is 0.525. The third kappa shape index (κ3) is 3.36. The van der Waals surface area contributed by atoms with Gasteiger partial charge in [-0.1, -0.05) is 12.8 Å². The van der Waals surface area contributed by atoms with Gasteiger partial charge in [0.05, 0.1) is 0 Å². The Morgan fingerprint density at radius 1 is 1.31 bits per heavy atom. The Morgan fingerprint density at radius 2 is 2.00 bits per heavy atom. The smallest absolute Gasteiger partial charge is 0.222 e. The Labute approximate surface area is 104 Å². The molecule has 0 spiro atoms. The van der Waals surface area contributed by atoms with Crippen LogP contribution in [-0.4, -0.2) is 37.0 Å². The van der Waals surface area contributed by atoms with Crippen molar-refractivity contribution >= 4 is 18.3 Å². The van der Waals surface area contributed by atoms with Gasteiger partial charge in [-0.25, -0.2) is 0 Å². The molecule has 2 aliphatic rings. The molecule has 4 heteroatoms. The van der Waals surface area contributed by atoms with Crippen molar-refractivity contribution in [1.29, 1.82) is 0 Å². The highest BCUT2D eigenvalue weighted by Crippen LogP contribution is 2.28. The summed E-state index contributed by atoms with van der Waals surface area (Å²) in [5.74, 6) is 1.07. The maximum atomic E-state index is 12.0. The van der Waals surface area contributed by atoms with Crippen molar-refractivity contribution in [1.82, 2.24) is 10.2 Å². The average Bonchev–Trinajstić information content (AvgIpc) is 2.86. The first-order valence-corrected chi connectivity index (χ1v) is 6.24. The summed E-state index contributed by atoms with van der Waals surface area (Å²) in [4.78, 5) is 14.0. The predicted molar refractivity (Wildman–Crippen MR) is 67.9 cm³/mol. The van der Waals surface area contributed by atoms with Crippen LogP contribution >= 0.6 is 12.4 Å². The van der Waals surface area contributed by atoms with Crippen molar-refractivity contribution in [2.75, 3.05) is 20.1 Å². The molecule has 1 saturated carbocycles. The highest BCUT2D eigenvalue weighted by atomic mass is 35.5. The number of amides is 1. The van der Waals surface area contributed by atoms with Gasteiger partial charge >= 0.3 is 0 Å². The van der Waals surface area contributed by atoms with E-state index in [1.807, 2.05) is 11.9 Å². The van der Waals surface area contributed by atoms with Gasteiger partial charge in [0.2, 0.25) is 5.91 Å². The summed E-state index contributed by atoms with van der Waals surface area (Å²) >= 11 is 0. The third-order valence-corrected chi connectivity index (χ3v) is 3.89. The number of halogens is 1. The third-order valence-electron chi connectivity index (χ3n) is 3.89. The second kappa shape index (κ2) is 6.45. The molecular weight excluding hydrogens is 224 g/mol. The number of likely N-dealkylation sites (N-methyl/N-ethyl adjacent to an activating group) is 1. The molecule has 1 amide bonds. The molecule has 1 aliphatic heterocycles. The van der Waals surface area contributed by atoms with Gasteiger partial charge in [-0.15, -0.1) is 12.4 Å². The number of rotatable bonds is 3. The quantitative estimate of drug-likeness (QED) is 0.824. The number of nitrogens with zero attached hydrogens (tertiary/aromatic N) is 1. The molecule has 1 aliphatic carbocycles. The fourth-order valence-corrected chi connectivity index (χ4v) is 2.81. The lowest BCUT2D eigenvalue weighted by Crippen LogP contribution is -2.34. The van der Waals surface area contributed by atoms with Crippen molar-refractivity contribution in [2.45, 2.75) is 44.6 Å². The topological polar surface area (TPSA) is 32.3 Å². The molecule has 0 aromatic heterocycles. The molecule has 94 valence electrons. The molecule has 0 aromatic carbocycles. The van der Waals surface area contributed by atoms with Crippen LogP contribution in [-0.2, 0) is 4.79 Å². The van der Waals surface area contributed by atoms with E-state index < -0.39 is 0 Å². The highest BCUT2D eigenvalue weighted by molar-refractivity contribution is 5.85. The first kappa shape index (κ1) is 13.8. The summed E-state index contributed by atoms with van der Waals surface area (Å²) in [5, 5.41) is 3.25. The van der Waals surface area contributed by atoms with Crippen molar-refractivity contribution in [3.8, 4) is 0 Å². The Kier molecular flexibility index (Phi) is 5.56. The van der Waals surface area contributed by atoms with Crippen molar-refractivity contribution < 1.29 is 4.79 Å². The predicted octanol–water partition coefficient (Wildman–Crippen LogP) is 1.81. The Hall–Kier alpha value is -0.280. The highest BCUT2D eigenvalue weighted by Gasteiger charge is 2.27. The molecule has 1 N–H and O–H groups in total. The van der Waals surface area contributed by atoms with Crippen molar-refractivity contribution in [2.24, 2.45) is 5.92 Å². The minimum Gasteiger partial charge on any atom is -0.341 e. The molecule has 16 heavy (non-hydrogen) atoms. The van der Waals surface area contributed by atoms with Crippen LogP contribution in [0.3, 0.4) is 0 Å². The lowest BCUT2D eigenvalue weighted by molar-refractivity contribution is -0.131. The summed E-state index contributed by atoms with van der Waals surface area (Å²) in [7, 11) is 1.98. The minimum atomic E-state index is 0. The lowest BCUT2D eigenvalue weighted by atomic mass is 10.0. The van der Waals surface area contributed by atoms with Crippen LogP contribution in [0.4, 0.5) is 0 Å². The number of hydrogen-bond donors (Lipinski definition) is 1. The number of likely N-dealkylation sites (tertiary alicyclic amines) is 1. The number of carbonyl (C=O) groups excluding carboxylic acids is 1. The van der Waals surface area contributed by atoms with Crippen molar-refractivity contribution in [3.05, 3.63) is 0 Å². The Morgan fingerprint density at radius 3 is 2.56 bits per heavy atom. The van der Waals surface area contributed by atoms with E-state index in [0.29, 0.717) is 17.9 Å². The van der Waals surface area contributed by atoms with Gasteiger partial charge in [-0.05, 0) is 32.2 Å². The second-order valence-corrected chi connectivity index (χ2v) is 4.97. The summed E-state index contributed by atoms with van der Waals surface area (Å²) in [6.07, 6.45) is 7.13. The molecule has 2 fully saturated rings. The SMILES string of the molecule is CNC1CCN(C(=O)CC2CCCC2)C1.Cl. The summed E-state index contributed by atoms with van der Waals surface area (Å²) in [6.45, 7) is 1.87. The van der Waals surface area contributed by atoms with Crippen LogP contribution in [0.2, 0.25) is 0 Å². The standard InChI is InChI=1S/C12H22N2O.ClH/c1-13-11-6-7-14(9-11)12(15)8-10-4-2-3-5-10;/h10-11,13H,2-9H2,1H3;1H. The van der Waals surface area contributed by atoms with E-state index in [2.05, 4.69) is 5.32 Å². The molecule has 1 saturated heterocycles. The van der Waals surface area contributed by atoms with Crippen LogP contribution in [0.1, 0.15) is 38.5 Å². The molecular formula is C12H23ClN2O. The zero-order chi connectivity index (χ0) is 10.7. The van der Waals surface area contributed by atoms with E-state index in [0.717, 1.165) is 25.9 Å². The Bertz CT molecular complexity index is 229. The minimum absolute atomic E-state index is 0. The zero-order valence-electron chi connectivity index (χ0n) is 10.1. The second-order valence-electron chi connectivity index (χ2n) is 4.97. The molecule has 0 aromatic rings. The van der Waals surface area contributed by atoms with Crippen LogP contribution in [0.5, 0.6) is 0 Å². The molecule has 0 bridgehead atoms. The van der Waals surface area contributed by atoms with Gasteiger partial charge < -0.3 is 10.2 Å². The number of hydrogen-bond acceptors (Lipinski definition) is 2. The van der Waals surface area contributed by atoms with E-state index >= 15 is 0 Å². The van der Waals surface area contributed by atoms with Gasteiger partial charge in [-0.3, -0.25) is 4.79 Å². The molecule has 0 radical (unpaired) electrons. The van der Waals surface area contributed by atoms with Gasteiger partial charge in [0.1, 0.15) is 0 Å². The van der Waals surface area contributed by atoms with Crippen LogP contribution in [0.25, 0.3) is 0 Å². The van der Waals surface area contributed by atoms with Crippen LogP contribution < -0.4 is 5.32 Å². The van der Waals surface area contributed by atoms with E-state index in [1.165, 1.54) is 25.7 Å². The monoisotopic (exact) mass is 246 g/mol. The Balaban J connectivity index is 0.00000128. The molecule has 1 unspecified atom stereocenters. The fraction of sp³-hybridized carbons (Fsp3) is 0.917. The lowest BCUT2D eigenvalue weighted by Gasteiger charge is -2.18. The van der Waals surface area contributed by atoms with Gasteiger partial charge in [0, 0.05) is 25.6 Å². The average molecular weight is 247 g/mol. The largest absolute Gasteiger partial charge is 0.341 e. The first-order valence-electron chi connectivity index (χ1n) is 6.24. The number of carbonyl (C=O) groups is 1. The van der Waals surface area contributed by atoms with E-state index in [9.17, 15) is 4.79 Å². The van der Waals surface area contributed by atoms with Gasteiger partial charge in [0.15, 0.2) is 0 Å². The fourth-order valence-electron chi connectivity index (χ4n) is 2.81. The zero-order valence-corrected chi connectivity index (χ0v) is 10.9.